The molecule has 6 nitrogen and oxygen atoms in total. The Kier molecular flexibility index (Phi) is 5.42. The predicted molar refractivity (Wildman–Crippen MR) is 76.4 cm³/mol. The number of methoxy groups -OCH3 is 1. The van der Waals surface area contributed by atoms with Gasteiger partial charge in [0, 0.05) is 38.3 Å². The summed E-state index contributed by atoms with van der Waals surface area (Å²) < 4.78 is 33.3. The maximum atomic E-state index is 12.6. The number of hydrogen-bond acceptors (Lipinski definition) is 4. The van der Waals surface area contributed by atoms with Gasteiger partial charge in [-0.3, -0.25) is 4.68 Å². The highest BCUT2D eigenvalue weighted by Gasteiger charge is 2.38. The third kappa shape index (κ3) is 3.72. The third-order valence-corrected chi connectivity index (χ3v) is 5.38. The molecule has 0 atom stereocenters. The molecule has 1 aliphatic carbocycles. The zero-order valence-corrected chi connectivity index (χ0v) is 13.1. The van der Waals surface area contributed by atoms with Gasteiger partial charge in [-0.25, -0.2) is 8.42 Å². The zero-order valence-electron chi connectivity index (χ0n) is 11.5. The Bertz CT molecular complexity index is 528. The minimum Gasteiger partial charge on any atom is -0.383 e. The van der Waals surface area contributed by atoms with Crippen LogP contribution in [0.3, 0.4) is 0 Å². The number of ether oxygens (including phenoxy) is 1. The normalized spacial score (nSPS) is 15.9. The van der Waals surface area contributed by atoms with Crippen LogP contribution in [0.5, 0.6) is 0 Å². The van der Waals surface area contributed by atoms with Crippen LogP contribution < -0.4 is 0 Å². The summed E-state index contributed by atoms with van der Waals surface area (Å²) in [6, 6.07) is 0.112. The fourth-order valence-electron chi connectivity index (χ4n) is 2.00. The molecule has 20 heavy (non-hydrogen) atoms. The lowest BCUT2D eigenvalue weighted by Crippen LogP contribution is -2.35. The van der Waals surface area contributed by atoms with Crippen molar-refractivity contribution in [1.29, 1.82) is 0 Å². The molecule has 1 saturated carbocycles. The quantitative estimate of drug-likeness (QED) is 0.643. The largest absolute Gasteiger partial charge is 0.383 e. The monoisotopic (exact) mass is 321 g/mol. The smallest absolute Gasteiger partial charge is 0.246 e. The Balaban J connectivity index is 2.12. The number of sulfonamides is 1. The summed E-state index contributed by atoms with van der Waals surface area (Å²) in [5.41, 5.74) is 0. The van der Waals surface area contributed by atoms with Gasteiger partial charge in [-0.15, -0.1) is 11.6 Å². The number of halogens is 1. The number of nitrogens with zero attached hydrogens (tertiary/aromatic N) is 3. The minimum atomic E-state index is -3.48. The van der Waals surface area contributed by atoms with Crippen molar-refractivity contribution >= 4 is 21.6 Å². The minimum absolute atomic E-state index is 0.112. The lowest BCUT2D eigenvalue weighted by Gasteiger charge is -2.20. The van der Waals surface area contributed by atoms with Gasteiger partial charge in [0.2, 0.25) is 10.0 Å². The van der Waals surface area contributed by atoms with Crippen LogP contribution >= 0.6 is 11.6 Å². The summed E-state index contributed by atoms with van der Waals surface area (Å²) >= 11 is 5.62. The first-order valence-electron chi connectivity index (χ1n) is 6.69. The highest BCUT2D eigenvalue weighted by molar-refractivity contribution is 7.89. The fraction of sp³-hybridized carbons (Fsp3) is 0.750. The predicted octanol–water partition coefficient (Wildman–Crippen LogP) is 1.31. The van der Waals surface area contributed by atoms with Crippen molar-refractivity contribution in [2.75, 3.05) is 26.1 Å². The molecule has 0 saturated heterocycles. The van der Waals surface area contributed by atoms with E-state index in [-0.39, 0.29) is 10.9 Å². The lowest BCUT2D eigenvalue weighted by atomic mass is 10.5. The Labute approximate surface area is 124 Å². The second-order valence-corrected chi connectivity index (χ2v) is 7.09. The summed E-state index contributed by atoms with van der Waals surface area (Å²) in [5, 5.41) is 4.08. The van der Waals surface area contributed by atoms with Gasteiger partial charge < -0.3 is 4.74 Å². The molecule has 8 heteroatoms. The second kappa shape index (κ2) is 6.89. The summed E-state index contributed by atoms with van der Waals surface area (Å²) in [4.78, 5) is 0.245. The van der Waals surface area contributed by atoms with Crippen LogP contribution in [-0.2, 0) is 21.3 Å². The van der Waals surface area contributed by atoms with E-state index in [0.717, 1.165) is 19.3 Å². The van der Waals surface area contributed by atoms with Gasteiger partial charge in [-0.1, -0.05) is 0 Å². The van der Waals surface area contributed by atoms with E-state index >= 15 is 0 Å². The first-order valence-corrected chi connectivity index (χ1v) is 8.66. The van der Waals surface area contributed by atoms with Crippen molar-refractivity contribution in [2.24, 2.45) is 0 Å². The molecule has 1 aromatic rings. The van der Waals surface area contributed by atoms with E-state index in [0.29, 0.717) is 25.6 Å². The highest BCUT2D eigenvalue weighted by atomic mass is 35.5. The Morgan fingerprint density at radius 2 is 2.30 bits per heavy atom. The van der Waals surface area contributed by atoms with Crippen LogP contribution in [0.1, 0.15) is 19.3 Å². The van der Waals surface area contributed by atoms with Crippen LogP contribution in [0.15, 0.2) is 17.3 Å². The number of aryl methyl sites for hydroxylation is 1. The maximum absolute atomic E-state index is 12.6. The van der Waals surface area contributed by atoms with E-state index in [1.165, 1.54) is 10.5 Å². The summed E-state index contributed by atoms with van der Waals surface area (Å²) in [6.45, 7) is 1.41. The molecule has 0 radical (unpaired) electrons. The van der Waals surface area contributed by atoms with Crippen molar-refractivity contribution in [1.82, 2.24) is 14.1 Å². The first-order chi connectivity index (χ1) is 9.59. The molecule has 1 aromatic heterocycles. The second-order valence-electron chi connectivity index (χ2n) is 4.82. The maximum Gasteiger partial charge on any atom is 0.246 e. The number of alkyl halides is 1. The van der Waals surface area contributed by atoms with Gasteiger partial charge in [0.15, 0.2) is 0 Å². The Morgan fingerprint density at radius 1 is 1.55 bits per heavy atom. The number of rotatable bonds is 9. The van der Waals surface area contributed by atoms with E-state index in [1.54, 1.807) is 18.0 Å². The zero-order chi connectivity index (χ0) is 14.6. The van der Waals surface area contributed by atoms with E-state index in [4.69, 9.17) is 16.3 Å². The van der Waals surface area contributed by atoms with Crippen LogP contribution in [0.2, 0.25) is 0 Å². The highest BCUT2D eigenvalue weighted by Crippen LogP contribution is 2.31. The van der Waals surface area contributed by atoms with Crippen molar-refractivity contribution in [3.63, 3.8) is 0 Å². The van der Waals surface area contributed by atoms with Gasteiger partial charge in [0.25, 0.3) is 0 Å². The topological polar surface area (TPSA) is 64.4 Å². The Morgan fingerprint density at radius 3 is 2.90 bits per heavy atom. The standard InChI is InChI=1S/C12H20ClN3O3S/c1-19-8-7-16(11-3-4-11)20(17,18)12-9-14-15(10-12)6-2-5-13/h9-11H,2-8H2,1H3. The molecule has 0 bridgehead atoms. The summed E-state index contributed by atoms with van der Waals surface area (Å²) in [6.07, 6.45) is 5.58. The van der Waals surface area contributed by atoms with E-state index in [2.05, 4.69) is 5.10 Å². The van der Waals surface area contributed by atoms with E-state index in [9.17, 15) is 8.42 Å². The summed E-state index contributed by atoms with van der Waals surface area (Å²) in [5.74, 6) is 0.532. The lowest BCUT2D eigenvalue weighted by molar-refractivity contribution is 0.177. The van der Waals surface area contributed by atoms with Gasteiger partial charge in [0.05, 0.1) is 12.8 Å². The molecule has 1 heterocycles. The molecule has 0 aliphatic heterocycles. The van der Waals surface area contributed by atoms with Crippen LogP contribution in [0.4, 0.5) is 0 Å². The van der Waals surface area contributed by atoms with Gasteiger partial charge >= 0.3 is 0 Å². The summed E-state index contributed by atoms with van der Waals surface area (Å²) in [7, 11) is -1.91. The van der Waals surface area contributed by atoms with E-state index in [1.807, 2.05) is 0 Å². The molecule has 0 N–H and O–H groups in total. The first kappa shape index (κ1) is 15.8. The molecule has 0 aromatic carbocycles. The SMILES string of the molecule is COCCN(C1CC1)S(=O)(=O)c1cnn(CCCCl)c1. The van der Waals surface area contributed by atoms with Crippen molar-refractivity contribution < 1.29 is 13.2 Å². The van der Waals surface area contributed by atoms with Crippen LogP contribution in [-0.4, -0.2) is 54.7 Å². The van der Waals surface area contributed by atoms with Crippen molar-refractivity contribution in [3.05, 3.63) is 12.4 Å². The molecule has 2 rings (SSSR count). The van der Waals surface area contributed by atoms with Crippen molar-refractivity contribution in [2.45, 2.75) is 36.7 Å². The molecule has 0 spiro atoms. The van der Waals surface area contributed by atoms with Crippen LogP contribution in [0, 0.1) is 0 Å². The number of hydrogen-bond donors (Lipinski definition) is 0. The molecule has 114 valence electrons. The molecular formula is C12H20ClN3O3S. The molecule has 0 unspecified atom stereocenters. The Hall–Kier alpha value is -0.630. The van der Waals surface area contributed by atoms with Crippen molar-refractivity contribution in [3.8, 4) is 0 Å². The average molecular weight is 322 g/mol. The number of aromatic nitrogens is 2. The van der Waals surface area contributed by atoms with Crippen LogP contribution in [0.25, 0.3) is 0 Å². The van der Waals surface area contributed by atoms with Gasteiger partial charge in [0.1, 0.15) is 4.90 Å². The van der Waals surface area contributed by atoms with Gasteiger partial charge in [-0.05, 0) is 19.3 Å². The fourth-order valence-corrected chi connectivity index (χ4v) is 3.74. The molecule has 1 aliphatic rings. The average Bonchev–Trinajstić information content (AvgIpc) is 3.13. The molecule has 0 amide bonds. The molecule has 1 fully saturated rings. The molecular weight excluding hydrogens is 302 g/mol. The third-order valence-electron chi connectivity index (χ3n) is 3.21. The van der Waals surface area contributed by atoms with Gasteiger partial charge in [-0.2, -0.15) is 9.40 Å². The van der Waals surface area contributed by atoms with E-state index < -0.39 is 10.0 Å².